The lowest BCUT2D eigenvalue weighted by atomic mass is 10.0. The second-order valence-corrected chi connectivity index (χ2v) is 38.5. The van der Waals surface area contributed by atoms with E-state index in [1.54, 1.807) is 34.0 Å². The van der Waals surface area contributed by atoms with E-state index < -0.39 is 0 Å². The summed E-state index contributed by atoms with van der Waals surface area (Å²) in [7, 11) is 0. The molecule has 0 spiro atoms. The van der Waals surface area contributed by atoms with Crippen LogP contribution in [-0.4, -0.2) is 74.8 Å². The molecule has 19 heteroatoms. The van der Waals surface area contributed by atoms with E-state index in [2.05, 4.69) is 249 Å². The predicted molar refractivity (Wildman–Crippen MR) is 605 cm³/mol. The molecule has 0 aliphatic heterocycles. The molecule has 148 heavy (non-hydrogen) atoms. The normalized spacial score (nSPS) is 11.4. The SMILES string of the molecule is c1ccc(-c2ccc(-c3nc(-c4ccccc4)nc(-c4cccc5c4sc4c(-c6ccccc6)nc(-c6ccccc6)nc45)n3)cc2)cc1.c1ccc(-c2cccc(-c3nc(-c4ccccc4)nc(-c4cccc5c4sc4c(-c6ccccc6)nc(-c6ccccc6)nc45)n3)c2)cc1.c1ccc(-c2nc(-c3cccc4c3oc3ccccc34)nc(-c3cccc4c3sc3c(-c5ccccc5)nc(-c5ccccc5)nc34)n2)cc1. The van der Waals surface area contributed by atoms with Crippen LogP contribution in [0, 0.1) is 0 Å². The van der Waals surface area contributed by atoms with Crippen molar-refractivity contribution in [1.82, 2.24) is 74.8 Å². The summed E-state index contributed by atoms with van der Waals surface area (Å²) in [6.45, 7) is 0. The fourth-order valence-electron chi connectivity index (χ4n) is 18.9. The van der Waals surface area contributed by atoms with Gasteiger partial charge in [-0.3, -0.25) is 0 Å². The fourth-order valence-corrected chi connectivity index (χ4v) is 22.7. The molecule has 16 nitrogen and oxygen atoms in total. The zero-order valence-electron chi connectivity index (χ0n) is 79.0. The highest BCUT2D eigenvalue weighted by Gasteiger charge is 2.28. The monoisotopic (exact) mass is 1950 g/mol. The van der Waals surface area contributed by atoms with Gasteiger partial charge in [-0.25, -0.2) is 74.8 Å². The Morgan fingerprint density at radius 2 is 0.351 bits per heavy atom. The van der Waals surface area contributed by atoms with Crippen LogP contribution in [0.1, 0.15) is 0 Å². The van der Waals surface area contributed by atoms with Gasteiger partial charge in [-0.1, -0.05) is 443 Å². The number of aromatic nitrogens is 15. The summed E-state index contributed by atoms with van der Waals surface area (Å²) >= 11 is 5.05. The van der Waals surface area contributed by atoms with Gasteiger partial charge in [-0.2, -0.15) is 0 Å². The van der Waals surface area contributed by atoms with Gasteiger partial charge in [0.2, 0.25) is 0 Å². The number of nitrogens with zero attached hydrogens (tertiary/aromatic N) is 15. The van der Waals surface area contributed by atoms with Crippen molar-refractivity contribution in [3.8, 4) is 193 Å². The summed E-state index contributed by atoms with van der Waals surface area (Å²) in [5.41, 5.74) is 25.9. The lowest BCUT2D eigenvalue weighted by molar-refractivity contribution is 0.669. The highest BCUT2D eigenvalue weighted by molar-refractivity contribution is 7.27. The first-order valence-corrected chi connectivity index (χ1v) is 51.0. The molecule has 10 aromatic heterocycles. The minimum absolute atomic E-state index is 0.549. The van der Waals surface area contributed by atoms with Crippen LogP contribution in [-0.2, 0) is 0 Å². The Kier molecular flexibility index (Phi) is 23.5. The molecule has 0 N–H and O–H groups in total. The molecule has 0 aliphatic rings. The molecule has 28 aromatic rings. The van der Waals surface area contributed by atoms with Crippen molar-refractivity contribution in [1.29, 1.82) is 0 Å². The summed E-state index contributed by atoms with van der Waals surface area (Å²) in [5.74, 6) is 7.53. The van der Waals surface area contributed by atoms with Crippen LogP contribution < -0.4 is 0 Å². The van der Waals surface area contributed by atoms with E-state index >= 15 is 0 Å². The first-order valence-electron chi connectivity index (χ1n) is 48.6. The zero-order valence-corrected chi connectivity index (χ0v) is 81.4. The Hall–Kier alpha value is -19.3. The number of para-hydroxylation sites is 2. The second kappa shape index (κ2) is 39.2. The Morgan fingerprint density at radius 1 is 0.135 bits per heavy atom. The summed E-state index contributed by atoms with van der Waals surface area (Å²) in [6, 6.07) is 162. The summed E-state index contributed by atoms with van der Waals surface area (Å²) in [5, 5.41) is 5.20. The third kappa shape index (κ3) is 17.3. The highest BCUT2D eigenvalue weighted by Crippen LogP contribution is 2.49. The molecule has 18 aromatic carbocycles. The van der Waals surface area contributed by atoms with Crippen molar-refractivity contribution in [2.45, 2.75) is 0 Å². The van der Waals surface area contributed by atoms with Crippen LogP contribution >= 0.6 is 34.0 Å². The topological polar surface area (TPSA) is 206 Å². The molecule has 0 bridgehead atoms. The summed E-state index contributed by atoms with van der Waals surface area (Å²) in [4.78, 5) is 76.7. The van der Waals surface area contributed by atoms with Crippen molar-refractivity contribution < 1.29 is 4.42 Å². The molecule has 10 heterocycles. The van der Waals surface area contributed by atoms with E-state index in [9.17, 15) is 0 Å². The van der Waals surface area contributed by atoms with Crippen LogP contribution in [0.2, 0.25) is 0 Å². The average molecular weight is 1950 g/mol. The Bertz CT molecular complexity index is 9820. The Morgan fingerprint density at radius 3 is 0.696 bits per heavy atom. The molecule has 0 aliphatic carbocycles. The van der Waals surface area contributed by atoms with Crippen molar-refractivity contribution in [2.75, 3.05) is 0 Å². The number of hydrogen-bond donors (Lipinski definition) is 0. The molecular formula is C129H79N15OS3. The van der Waals surface area contributed by atoms with Gasteiger partial charge in [-0.15, -0.1) is 34.0 Å². The molecule has 0 atom stereocenters. The maximum absolute atomic E-state index is 6.43. The van der Waals surface area contributed by atoms with Crippen LogP contribution in [0.5, 0.6) is 0 Å². The zero-order chi connectivity index (χ0) is 98.2. The number of furan rings is 1. The van der Waals surface area contributed by atoms with Gasteiger partial charge in [0, 0.05) is 119 Å². The lowest BCUT2D eigenvalue weighted by Crippen LogP contribution is -2.00. The van der Waals surface area contributed by atoms with Crippen molar-refractivity contribution >= 4 is 117 Å². The molecule has 0 saturated carbocycles. The van der Waals surface area contributed by atoms with Crippen LogP contribution in [0.15, 0.2) is 484 Å². The summed E-state index contributed by atoms with van der Waals surface area (Å²) < 4.78 is 12.7. The smallest absolute Gasteiger partial charge is 0.167 e. The van der Waals surface area contributed by atoms with Gasteiger partial charge in [-0.05, 0) is 58.7 Å². The molecule has 0 radical (unpaired) electrons. The number of rotatable bonds is 17. The number of thiophene rings is 3. The van der Waals surface area contributed by atoms with E-state index in [0.717, 1.165) is 200 Å². The molecule has 28 rings (SSSR count). The van der Waals surface area contributed by atoms with E-state index in [4.69, 9.17) is 79.2 Å². The van der Waals surface area contributed by atoms with Gasteiger partial charge in [0.15, 0.2) is 69.9 Å². The number of hydrogen-bond acceptors (Lipinski definition) is 19. The average Bonchev–Trinajstić information content (AvgIpc) is 1.61. The quantitative estimate of drug-likeness (QED) is 0.0831. The van der Waals surface area contributed by atoms with Crippen LogP contribution in [0.4, 0.5) is 0 Å². The van der Waals surface area contributed by atoms with Gasteiger partial charge in [0.1, 0.15) is 11.2 Å². The largest absolute Gasteiger partial charge is 0.455 e. The highest BCUT2D eigenvalue weighted by atomic mass is 32.1. The molecule has 0 fully saturated rings. The van der Waals surface area contributed by atoms with Crippen molar-refractivity contribution in [2.24, 2.45) is 0 Å². The van der Waals surface area contributed by atoms with Gasteiger partial charge >= 0.3 is 0 Å². The molecule has 694 valence electrons. The number of benzene rings is 18. The standard InChI is InChI=1S/C43H25N5OS.2C43H27N5S/c1-4-14-26(15-5-1)35-39-36(45-40(44-35)27-16-6-2-7-17-27)31-22-13-24-33(38(31)50-39)43-47-41(28-18-8-3-9-19-28)46-42(48-43)32-23-12-21-30-29-20-10-11-25-34(29)49-37(30)32;1-5-15-28(16-6-1)32-23-13-24-33(27-32)42-46-41(31-21-11-4-12-22-31)47-43(48-42)35-26-14-25-34-37-39(49-38(34)35)36(29-17-7-2-8-18-29)44-40(45-37)30-19-9-3-10-20-30;1-5-14-28(15-6-1)29-24-26-33(27-25-29)42-46-41(32-20-11-4-12-21-32)47-43(48-42)35-23-13-22-34-37-39(49-38(34)35)36(30-16-7-2-8-17-30)44-40(45-37)31-18-9-3-10-19-31/h1-25H;2*1-27H. The molecule has 0 saturated heterocycles. The van der Waals surface area contributed by atoms with Crippen molar-refractivity contribution in [3.05, 3.63) is 479 Å². The minimum Gasteiger partial charge on any atom is -0.455 e. The molecule has 0 amide bonds. The maximum atomic E-state index is 6.43. The fraction of sp³-hybridized carbons (Fsp3) is 0. The first kappa shape index (κ1) is 88.8. The third-order valence-electron chi connectivity index (χ3n) is 26.1. The summed E-state index contributed by atoms with van der Waals surface area (Å²) in [6.07, 6.45) is 0. The first-order chi connectivity index (χ1) is 73.3. The van der Waals surface area contributed by atoms with Crippen molar-refractivity contribution in [3.63, 3.8) is 0 Å². The molecule has 0 unspecified atom stereocenters. The lowest BCUT2D eigenvalue weighted by Gasteiger charge is -2.10. The second-order valence-electron chi connectivity index (χ2n) is 35.5. The van der Waals surface area contributed by atoms with E-state index in [1.807, 2.05) is 231 Å². The van der Waals surface area contributed by atoms with E-state index in [-0.39, 0.29) is 0 Å². The van der Waals surface area contributed by atoms with Gasteiger partial charge in [0.05, 0.1) is 53.3 Å². The van der Waals surface area contributed by atoms with Crippen LogP contribution in [0.3, 0.4) is 0 Å². The maximum Gasteiger partial charge on any atom is 0.167 e. The Balaban J connectivity index is 0.000000112. The van der Waals surface area contributed by atoms with E-state index in [1.165, 1.54) is 5.56 Å². The predicted octanol–water partition coefficient (Wildman–Crippen LogP) is 33.3. The molecular weight excluding hydrogens is 1870 g/mol. The van der Waals surface area contributed by atoms with E-state index in [0.29, 0.717) is 69.9 Å². The van der Waals surface area contributed by atoms with Gasteiger partial charge in [0.25, 0.3) is 0 Å². The third-order valence-corrected chi connectivity index (χ3v) is 29.8. The van der Waals surface area contributed by atoms with Crippen LogP contribution in [0.25, 0.3) is 276 Å². The minimum atomic E-state index is 0.549. The Labute approximate surface area is 861 Å². The van der Waals surface area contributed by atoms with Gasteiger partial charge < -0.3 is 4.42 Å². The number of fused-ring (bicyclic) bond motifs is 12.